The van der Waals surface area contributed by atoms with E-state index in [2.05, 4.69) is 24.1 Å². The number of benzene rings is 2. The molecule has 1 atom stereocenters. The van der Waals surface area contributed by atoms with E-state index in [9.17, 15) is 13.2 Å². The van der Waals surface area contributed by atoms with Gasteiger partial charge in [-0.3, -0.25) is 10.2 Å². The quantitative estimate of drug-likeness (QED) is 0.644. The minimum absolute atomic E-state index is 0.0888. The third kappa shape index (κ3) is 6.08. The Morgan fingerprint density at radius 3 is 2.22 bits per heavy atom. The van der Waals surface area contributed by atoms with Crippen molar-refractivity contribution in [3.63, 3.8) is 0 Å². The van der Waals surface area contributed by atoms with Crippen LogP contribution >= 0.6 is 0 Å². The molecule has 0 heterocycles. The second-order valence-corrected chi connectivity index (χ2v) is 8.00. The van der Waals surface area contributed by atoms with Crippen LogP contribution < -0.4 is 15.0 Å². The molecule has 0 unspecified atom stereocenters. The SMILES string of the molecule is CCc1ccc(OCC(=O)NNS(=O)(=O)c2ccc([C@H](C)CC)cc2)cc1. The van der Waals surface area contributed by atoms with E-state index in [0.717, 1.165) is 18.4 Å². The number of carbonyl (C=O) groups excluding carboxylic acids is 1. The van der Waals surface area contributed by atoms with Gasteiger partial charge in [0.2, 0.25) is 0 Å². The summed E-state index contributed by atoms with van der Waals surface area (Å²) < 4.78 is 29.9. The fourth-order valence-electron chi connectivity index (χ4n) is 2.40. The Balaban J connectivity index is 1.87. The molecule has 27 heavy (non-hydrogen) atoms. The third-order valence-electron chi connectivity index (χ3n) is 4.40. The number of hydrogen-bond acceptors (Lipinski definition) is 4. The maximum atomic E-state index is 12.3. The predicted molar refractivity (Wildman–Crippen MR) is 105 cm³/mol. The number of sulfonamides is 1. The minimum atomic E-state index is -3.83. The lowest BCUT2D eigenvalue weighted by atomic mass is 9.99. The second-order valence-electron chi connectivity index (χ2n) is 6.32. The Hall–Kier alpha value is -2.38. The number of hydrogen-bond donors (Lipinski definition) is 2. The van der Waals surface area contributed by atoms with Crippen LogP contribution in [0.2, 0.25) is 0 Å². The van der Waals surface area contributed by atoms with Crippen LogP contribution in [-0.2, 0) is 21.2 Å². The average Bonchev–Trinajstić information content (AvgIpc) is 2.70. The fourth-order valence-corrected chi connectivity index (χ4v) is 3.26. The standard InChI is InChI=1S/C20H26N2O4S/c1-4-15(3)17-8-12-19(13-9-17)27(24,25)22-21-20(23)14-26-18-10-6-16(5-2)7-11-18/h6-13,15,22H,4-5,14H2,1-3H3,(H,21,23)/t15-/m1/s1. The maximum Gasteiger partial charge on any atom is 0.272 e. The molecule has 6 nitrogen and oxygen atoms in total. The first-order valence-corrected chi connectivity index (χ1v) is 10.5. The monoisotopic (exact) mass is 390 g/mol. The first-order valence-electron chi connectivity index (χ1n) is 8.98. The summed E-state index contributed by atoms with van der Waals surface area (Å²) in [5, 5.41) is 0. The van der Waals surface area contributed by atoms with E-state index in [1.165, 1.54) is 17.7 Å². The summed E-state index contributed by atoms with van der Waals surface area (Å²) in [6.07, 6.45) is 1.89. The molecule has 2 aromatic carbocycles. The molecule has 2 rings (SSSR count). The van der Waals surface area contributed by atoms with Crippen LogP contribution in [0.1, 0.15) is 44.2 Å². The molecular weight excluding hydrogens is 364 g/mol. The van der Waals surface area contributed by atoms with Gasteiger partial charge in [-0.15, -0.1) is 4.83 Å². The van der Waals surface area contributed by atoms with Crippen molar-refractivity contribution in [2.45, 2.75) is 44.4 Å². The van der Waals surface area contributed by atoms with Crippen molar-refractivity contribution in [3.05, 3.63) is 59.7 Å². The van der Waals surface area contributed by atoms with Crippen LogP contribution in [0.4, 0.5) is 0 Å². The highest BCUT2D eigenvalue weighted by atomic mass is 32.2. The molecule has 146 valence electrons. The molecule has 0 aliphatic rings. The van der Waals surface area contributed by atoms with E-state index >= 15 is 0 Å². The van der Waals surface area contributed by atoms with Crippen molar-refractivity contribution < 1.29 is 17.9 Å². The number of nitrogens with one attached hydrogen (secondary N) is 2. The summed E-state index contributed by atoms with van der Waals surface area (Å²) in [6, 6.07) is 14.0. The number of carbonyl (C=O) groups is 1. The molecule has 0 aliphatic carbocycles. The van der Waals surface area contributed by atoms with E-state index in [1.807, 2.05) is 19.1 Å². The molecule has 0 fully saturated rings. The minimum Gasteiger partial charge on any atom is -0.484 e. The zero-order chi connectivity index (χ0) is 19.9. The van der Waals surface area contributed by atoms with E-state index in [0.29, 0.717) is 11.7 Å². The van der Waals surface area contributed by atoms with Crippen molar-refractivity contribution in [2.75, 3.05) is 6.61 Å². The molecule has 0 saturated heterocycles. The third-order valence-corrected chi connectivity index (χ3v) is 5.66. The summed E-state index contributed by atoms with van der Waals surface area (Å²) in [5.41, 5.74) is 4.40. The van der Waals surface area contributed by atoms with E-state index < -0.39 is 15.9 Å². The normalized spacial score (nSPS) is 12.4. The Kier molecular flexibility index (Phi) is 7.38. The highest BCUT2D eigenvalue weighted by Crippen LogP contribution is 2.20. The van der Waals surface area contributed by atoms with Gasteiger partial charge in [-0.2, -0.15) is 0 Å². The molecule has 0 radical (unpaired) electrons. The van der Waals surface area contributed by atoms with Gasteiger partial charge in [0.15, 0.2) is 6.61 Å². The van der Waals surface area contributed by atoms with Crippen molar-refractivity contribution >= 4 is 15.9 Å². The molecule has 0 aromatic heterocycles. The van der Waals surface area contributed by atoms with E-state index in [4.69, 9.17) is 4.74 Å². The van der Waals surface area contributed by atoms with Gasteiger partial charge in [-0.25, -0.2) is 8.42 Å². The summed E-state index contributed by atoms with van der Waals surface area (Å²) in [5.74, 6) is 0.318. The van der Waals surface area contributed by atoms with Gasteiger partial charge < -0.3 is 4.74 Å². The predicted octanol–water partition coefficient (Wildman–Crippen LogP) is 3.15. The Morgan fingerprint density at radius 1 is 1.04 bits per heavy atom. The summed E-state index contributed by atoms with van der Waals surface area (Å²) in [4.78, 5) is 14.0. The fraction of sp³-hybridized carbons (Fsp3) is 0.350. The van der Waals surface area contributed by atoms with Crippen molar-refractivity contribution in [1.82, 2.24) is 10.3 Å². The molecule has 0 bridgehead atoms. The average molecular weight is 391 g/mol. The Labute approximate surface area is 161 Å². The molecular formula is C20H26N2O4S. The highest BCUT2D eigenvalue weighted by molar-refractivity contribution is 7.89. The first kappa shape index (κ1) is 20.9. The van der Waals surface area contributed by atoms with Gasteiger partial charge >= 0.3 is 0 Å². The van der Waals surface area contributed by atoms with E-state index in [1.54, 1.807) is 24.3 Å². The molecule has 0 spiro atoms. The molecule has 7 heteroatoms. The molecule has 2 N–H and O–H groups in total. The van der Waals surface area contributed by atoms with Crippen LogP contribution in [-0.4, -0.2) is 20.9 Å². The lowest BCUT2D eigenvalue weighted by molar-refractivity contribution is -0.123. The van der Waals surface area contributed by atoms with Crippen molar-refractivity contribution in [3.8, 4) is 5.75 Å². The number of amides is 1. The van der Waals surface area contributed by atoms with Gasteiger partial charge in [-0.05, 0) is 54.2 Å². The molecule has 0 aliphatic heterocycles. The van der Waals surface area contributed by atoms with E-state index in [-0.39, 0.29) is 11.5 Å². The number of rotatable bonds is 9. The topological polar surface area (TPSA) is 84.5 Å². The molecule has 1 amide bonds. The number of hydrazine groups is 1. The van der Waals surface area contributed by atoms with Crippen LogP contribution in [0.25, 0.3) is 0 Å². The summed E-state index contributed by atoms with van der Waals surface area (Å²) in [6.45, 7) is 5.92. The number of ether oxygens (including phenoxy) is 1. The molecule has 2 aromatic rings. The summed E-state index contributed by atoms with van der Waals surface area (Å²) >= 11 is 0. The Bertz CT molecular complexity index is 847. The smallest absolute Gasteiger partial charge is 0.272 e. The van der Waals surface area contributed by atoms with Gasteiger partial charge in [0, 0.05) is 0 Å². The zero-order valence-corrected chi connectivity index (χ0v) is 16.7. The lowest BCUT2D eigenvalue weighted by Gasteiger charge is -2.12. The Morgan fingerprint density at radius 2 is 1.67 bits per heavy atom. The van der Waals surface area contributed by atoms with Crippen LogP contribution in [0.3, 0.4) is 0 Å². The highest BCUT2D eigenvalue weighted by Gasteiger charge is 2.16. The van der Waals surface area contributed by atoms with Crippen LogP contribution in [0.15, 0.2) is 53.4 Å². The lowest BCUT2D eigenvalue weighted by Crippen LogP contribution is -2.43. The van der Waals surface area contributed by atoms with Crippen molar-refractivity contribution in [1.29, 1.82) is 0 Å². The van der Waals surface area contributed by atoms with Crippen LogP contribution in [0, 0.1) is 0 Å². The summed E-state index contributed by atoms with van der Waals surface area (Å²) in [7, 11) is -3.83. The van der Waals surface area contributed by atoms with Crippen molar-refractivity contribution in [2.24, 2.45) is 0 Å². The zero-order valence-electron chi connectivity index (χ0n) is 15.9. The van der Waals surface area contributed by atoms with Gasteiger partial charge in [-0.1, -0.05) is 45.0 Å². The van der Waals surface area contributed by atoms with Gasteiger partial charge in [0.05, 0.1) is 4.90 Å². The first-order chi connectivity index (χ1) is 12.9. The maximum absolute atomic E-state index is 12.3. The van der Waals surface area contributed by atoms with Crippen LogP contribution in [0.5, 0.6) is 5.75 Å². The van der Waals surface area contributed by atoms with Gasteiger partial charge in [0.25, 0.3) is 15.9 Å². The largest absolute Gasteiger partial charge is 0.484 e. The van der Waals surface area contributed by atoms with Gasteiger partial charge in [0.1, 0.15) is 5.75 Å². The second kappa shape index (κ2) is 9.53. The molecule has 0 saturated carbocycles. The number of aryl methyl sites for hydroxylation is 1.